The molecule has 19 heavy (non-hydrogen) atoms. The monoisotopic (exact) mass is 289 g/mol. The van der Waals surface area contributed by atoms with Crippen LogP contribution in [0.15, 0.2) is 29.2 Å². The normalized spacial score (nSPS) is 16.9. The lowest BCUT2D eigenvalue weighted by atomic mass is 9.96. The van der Waals surface area contributed by atoms with E-state index in [0.717, 1.165) is 18.6 Å². The van der Waals surface area contributed by atoms with E-state index >= 15 is 0 Å². The quantitative estimate of drug-likeness (QED) is 0.840. The van der Waals surface area contributed by atoms with Gasteiger partial charge in [-0.2, -0.15) is 0 Å². The Morgan fingerprint density at radius 3 is 2.21 bits per heavy atom. The van der Waals surface area contributed by atoms with Gasteiger partial charge in [0.05, 0.1) is 17.0 Å². The van der Waals surface area contributed by atoms with Crippen LogP contribution in [0.4, 0.5) is 4.39 Å². The fourth-order valence-corrected chi connectivity index (χ4v) is 3.22. The lowest BCUT2D eigenvalue weighted by Gasteiger charge is -2.26. The van der Waals surface area contributed by atoms with E-state index < -0.39 is 28.0 Å². The molecular weight excluding hydrogens is 269 g/mol. The molecule has 0 amide bonds. The molecule has 0 radical (unpaired) electrons. The highest BCUT2D eigenvalue weighted by Gasteiger charge is 2.27. The Hall–Kier alpha value is -0.980. The average Bonchev–Trinajstić information content (AvgIpc) is 2.35. The second-order valence-electron chi connectivity index (χ2n) is 4.73. The standard InChI is InChI=1S/C13H20FNO3S/c1-4-9(2)13(10(3)16)15-19(17,18)12-7-5-11(14)6-8-12/h5-10,13,15-16H,4H2,1-3H3/t9-,10?,13-/m0/s1. The Balaban J connectivity index is 2.97. The average molecular weight is 289 g/mol. The van der Waals surface area contributed by atoms with Crippen LogP contribution in [0, 0.1) is 11.7 Å². The Labute approximate surface area is 113 Å². The Kier molecular flexibility index (Phi) is 5.46. The van der Waals surface area contributed by atoms with Crippen LogP contribution in [0.25, 0.3) is 0 Å². The van der Waals surface area contributed by atoms with Crippen LogP contribution in [-0.2, 0) is 10.0 Å². The topological polar surface area (TPSA) is 66.4 Å². The minimum absolute atomic E-state index is 0.00442. The largest absolute Gasteiger partial charge is 0.392 e. The van der Waals surface area contributed by atoms with E-state index in [-0.39, 0.29) is 10.8 Å². The third-order valence-electron chi connectivity index (χ3n) is 3.19. The second-order valence-corrected chi connectivity index (χ2v) is 6.44. The fraction of sp³-hybridized carbons (Fsp3) is 0.538. The Morgan fingerprint density at radius 2 is 1.79 bits per heavy atom. The van der Waals surface area contributed by atoms with Gasteiger partial charge in [-0.1, -0.05) is 20.3 Å². The third kappa shape index (κ3) is 4.26. The number of nitrogens with one attached hydrogen (secondary N) is 1. The maximum Gasteiger partial charge on any atom is 0.240 e. The first-order valence-corrected chi connectivity index (χ1v) is 7.72. The molecule has 2 N–H and O–H groups in total. The van der Waals surface area contributed by atoms with Crippen molar-refractivity contribution in [3.8, 4) is 0 Å². The summed E-state index contributed by atoms with van der Waals surface area (Å²) in [5.41, 5.74) is 0. The molecule has 4 nitrogen and oxygen atoms in total. The zero-order chi connectivity index (χ0) is 14.6. The van der Waals surface area contributed by atoms with Crippen molar-refractivity contribution in [3.05, 3.63) is 30.1 Å². The highest BCUT2D eigenvalue weighted by molar-refractivity contribution is 7.89. The van der Waals surface area contributed by atoms with Gasteiger partial charge in [0.1, 0.15) is 5.82 Å². The molecular formula is C13H20FNO3S. The van der Waals surface area contributed by atoms with Crippen molar-refractivity contribution >= 4 is 10.0 Å². The van der Waals surface area contributed by atoms with E-state index in [1.807, 2.05) is 13.8 Å². The van der Waals surface area contributed by atoms with Crippen LogP contribution in [-0.4, -0.2) is 25.7 Å². The van der Waals surface area contributed by atoms with Crippen LogP contribution < -0.4 is 4.72 Å². The van der Waals surface area contributed by atoms with Crippen molar-refractivity contribution in [2.75, 3.05) is 0 Å². The van der Waals surface area contributed by atoms with Crippen molar-refractivity contribution in [2.45, 2.75) is 44.2 Å². The SMILES string of the molecule is CC[C@H](C)[C@H](NS(=O)(=O)c1ccc(F)cc1)C(C)O. The smallest absolute Gasteiger partial charge is 0.240 e. The van der Waals surface area contributed by atoms with Gasteiger partial charge in [-0.05, 0) is 37.1 Å². The predicted octanol–water partition coefficient (Wildman–Crippen LogP) is 1.90. The number of rotatable bonds is 6. The molecule has 6 heteroatoms. The number of halogens is 1. The van der Waals surface area contributed by atoms with E-state index in [9.17, 15) is 17.9 Å². The van der Waals surface area contributed by atoms with Crippen LogP contribution in [0.5, 0.6) is 0 Å². The van der Waals surface area contributed by atoms with E-state index in [1.54, 1.807) is 6.92 Å². The molecule has 0 fully saturated rings. The lowest BCUT2D eigenvalue weighted by Crippen LogP contribution is -2.46. The number of aliphatic hydroxyl groups is 1. The number of hydrogen-bond acceptors (Lipinski definition) is 3. The van der Waals surface area contributed by atoms with Gasteiger partial charge < -0.3 is 5.11 Å². The highest BCUT2D eigenvalue weighted by Crippen LogP contribution is 2.16. The van der Waals surface area contributed by atoms with E-state index in [2.05, 4.69) is 4.72 Å². The third-order valence-corrected chi connectivity index (χ3v) is 4.67. The predicted molar refractivity (Wildman–Crippen MR) is 71.6 cm³/mol. The first-order chi connectivity index (χ1) is 8.77. The van der Waals surface area contributed by atoms with Crippen molar-refractivity contribution < 1.29 is 17.9 Å². The fourth-order valence-electron chi connectivity index (χ4n) is 1.80. The van der Waals surface area contributed by atoms with Gasteiger partial charge in [0.15, 0.2) is 0 Å². The molecule has 0 aliphatic carbocycles. The maximum atomic E-state index is 12.8. The summed E-state index contributed by atoms with van der Waals surface area (Å²) in [5, 5.41) is 9.68. The molecule has 1 aromatic carbocycles. The molecule has 1 rings (SSSR count). The highest BCUT2D eigenvalue weighted by atomic mass is 32.2. The minimum Gasteiger partial charge on any atom is -0.392 e. The summed E-state index contributed by atoms with van der Waals surface area (Å²) >= 11 is 0. The molecule has 108 valence electrons. The summed E-state index contributed by atoms with van der Waals surface area (Å²) in [6.07, 6.45) is -0.0632. The molecule has 1 aromatic rings. The molecule has 0 spiro atoms. The van der Waals surface area contributed by atoms with Crippen molar-refractivity contribution in [2.24, 2.45) is 5.92 Å². The van der Waals surface area contributed by atoms with Crippen LogP contribution in [0.3, 0.4) is 0 Å². The molecule has 0 bridgehead atoms. The molecule has 0 aromatic heterocycles. The molecule has 1 unspecified atom stereocenters. The van der Waals surface area contributed by atoms with Gasteiger partial charge in [-0.25, -0.2) is 17.5 Å². The summed E-state index contributed by atoms with van der Waals surface area (Å²) in [5.74, 6) is -0.497. The van der Waals surface area contributed by atoms with Crippen LogP contribution in [0.2, 0.25) is 0 Å². The summed E-state index contributed by atoms with van der Waals surface area (Å²) in [6, 6.07) is 4.02. The summed E-state index contributed by atoms with van der Waals surface area (Å²) < 4.78 is 39.5. The zero-order valence-electron chi connectivity index (χ0n) is 11.3. The first-order valence-electron chi connectivity index (χ1n) is 6.24. The number of aliphatic hydroxyl groups excluding tert-OH is 1. The Bertz CT molecular complexity index is 499. The van der Waals surface area contributed by atoms with Crippen molar-refractivity contribution in [1.29, 1.82) is 0 Å². The number of hydrogen-bond donors (Lipinski definition) is 2. The molecule has 0 aliphatic heterocycles. The molecule has 0 saturated heterocycles. The minimum atomic E-state index is -3.75. The molecule has 3 atom stereocenters. The second kappa shape index (κ2) is 6.45. The molecule has 0 saturated carbocycles. The van der Waals surface area contributed by atoms with Gasteiger partial charge in [-0.15, -0.1) is 0 Å². The zero-order valence-corrected chi connectivity index (χ0v) is 12.1. The summed E-state index contributed by atoms with van der Waals surface area (Å²) in [4.78, 5) is -0.0112. The van der Waals surface area contributed by atoms with E-state index in [0.29, 0.717) is 0 Å². The van der Waals surface area contributed by atoms with E-state index in [1.165, 1.54) is 12.1 Å². The van der Waals surface area contributed by atoms with Crippen molar-refractivity contribution in [3.63, 3.8) is 0 Å². The van der Waals surface area contributed by atoms with Crippen molar-refractivity contribution in [1.82, 2.24) is 4.72 Å². The number of sulfonamides is 1. The van der Waals surface area contributed by atoms with Gasteiger partial charge in [0.25, 0.3) is 0 Å². The van der Waals surface area contributed by atoms with Gasteiger partial charge in [-0.3, -0.25) is 0 Å². The first kappa shape index (κ1) is 16.1. The van der Waals surface area contributed by atoms with Gasteiger partial charge >= 0.3 is 0 Å². The molecule has 0 heterocycles. The maximum absolute atomic E-state index is 12.8. The lowest BCUT2D eigenvalue weighted by molar-refractivity contribution is 0.128. The van der Waals surface area contributed by atoms with Gasteiger partial charge in [0, 0.05) is 0 Å². The summed E-state index contributed by atoms with van der Waals surface area (Å²) in [6.45, 7) is 5.33. The molecule has 0 aliphatic rings. The van der Waals surface area contributed by atoms with Crippen LogP contribution >= 0.6 is 0 Å². The summed E-state index contributed by atoms with van der Waals surface area (Å²) in [7, 11) is -3.75. The van der Waals surface area contributed by atoms with Crippen LogP contribution in [0.1, 0.15) is 27.2 Å². The van der Waals surface area contributed by atoms with E-state index in [4.69, 9.17) is 0 Å². The number of benzene rings is 1. The van der Waals surface area contributed by atoms with Gasteiger partial charge in [0.2, 0.25) is 10.0 Å². The Morgan fingerprint density at radius 1 is 1.26 bits per heavy atom.